The molecule has 1 unspecified atom stereocenters. The summed E-state index contributed by atoms with van der Waals surface area (Å²) in [5.74, 6) is -0.840. The first kappa shape index (κ1) is 10.4. The summed E-state index contributed by atoms with van der Waals surface area (Å²) in [6.07, 6.45) is 0.0337. The number of carboxylic acid groups (broad SMARTS) is 1. The summed E-state index contributed by atoms with van der Waals surface area (Å²) in [7, 11) is 0. The van der Waals surface area contributed by atoms with E-state index < -0.39 is 12.2 Å². The lowest BCUT2D eigenvalue weighted by atomic mass is 10.3. The highest BCUT2D eigenvalue weighted by Gasteiger charge is 2.06. The lowest BCUT2D eigenvalue weighted by molar-refractivity contribution is -0.138. The van der Waals surface area contributed by atoms with E-state index >= 15 is 0 Å². The molecule has 0 radical (unpaired) electrons. The summed E-state index contributed by atoms with van der Waals surface area (Å²) in [4.78, 5) is 10.1. The number of aliphatic carboxylic acids is 1. The third kappa shape index (κ3) is 7.29. The minimum absolute atomic E-state index is 0.0544. The van der Waals surface area contributed by atoms with Gasteiger partial charge >= 0.3 is 5.97 Å². The van der Waals surface area contributed by atoms with Crippen LogP contribution in [0.5, 0.6) is 0 Å². The highest BCUT2D eigenvalue weighted by atomic mass is 16.5. The average molecular weight is 161 g/mol. The van der Waals surface area contributed by atoms with Gasteiger partial charge < -0.3 is 15.6 Å². The summed E-state index contributed by atoms with van der Waals surface area (Å²) >= 11 is 0. The zero-order valence-corrected chi connectivity index (χ0v) is 6.91. The number of carbonyl (C=O) groups is 1. The lowest BCUT2D eigenvalue weighted by Gasteiger charge is -2.14. The van der Waals surface area contributed by atoms with Gasteiger partial charge in [-0.15, -0.1) is 0 Å². The standard InChI is InChI=1S/C7H15NO3/c1-5(2)11-6(8)3-4-7(9)10/h5-6H,3-4,8H2,1-2H3,(H,9,10). The van der Waals surface area contributed by atoms with E-state index in [9.17, 15) is 4.79 Å². The van der Waals surface area contributed by atoms with Crippen LogP contribution < -0.4 is 5.73 Å². The molecule has 0 aliphatic rings. The molecular formula is C7H15NO3. The van der Waals surface area contributed by atoms with Crippen molar-refractivity contribution in [2.24, 2.45) is 5.73 Å². The second-order valence-electron chi connectivity index (χ2n) is 2.66. The van der Waals surface area contributed by atoms with Crippen molar-refractivity contribution in [1.29, 1.82) is 0 Å². The molecule has 1 atom stereocenters. The van der Waals surface area contributed by atoms with Gasteiger partial charge in [-0.1, -0.05) is 0 Å². The Hall–Kier alpha value is -0.610. The van der Waals surface area contributed by atoms with Crippen LogP contribution in [-0.4, -0.2) is 23.4 Å². The number of hydrogen-bond donors (Lipinski definition) is 2. The molecule has 0 aromatic heterocycles. The summed E-state index contributed by atoms with van der Waals surface area (Å²) < 4.78 is 5.12. The molecule has 3 N–H and O–H groups in total. The molecule has 0 bridgehead atoms. The van der Waals surface area contributed by atoms with Crippen molar-refractivity contribution in [2.45, 2.75) is 39.0 Å². The maximum absolute atomic E-state index is 10.1. The van der Waals surface area contributed by atoms with Crippen molar-refractivity contribution in [3.05, 3.63) is 0 Å². The van der Waals surface area contributed by atoms with Crippen LogP contribution in [0.3, 0.4) is 0 Å². The van der Waals surface area contributed by atoms with Gasteiger partial charge in [-0.3, -0.25) is 4.79 Å². The third-order valence-corrected chi connectivity index (χ3v) is 1.09. The Morgan fingerprint density at radius 2 is 2.18 bits per heavy atom. The molecule has 0 saturated carbocycles. The van der Waals surface area contributed by atoms with Crippen molar-refractivity contribution in [3.63, 3.8) is 0 Å². The van der Waals surface area contributed by atoms with E-state index in [1.54, 1.807) is 0 Å². The highest BCUT2D eigenvalue weighted by Crippen LogP contribution is 1.99. The van der Waals surface area contributed by atoms with Crippen molar-refractivity contribution in [1.82, 2.24) is 0 Å². The van der Waals surface area contributed by atoms with Crippen LogP contribution in [0.4, 0.5) is 0 Å². The molecule has 0 aromatic carbocycles. The maximum atomic E-state index is 10.1. The summed E-state index contributed by atoms with van der Waals surface area (Å²) in [5.41, 5.74) is 5.44. The number of ether oxygens (including phenoxy) is 1. The van der Waals surface area contributed by atoms with E-state index in [0.717, 1.165) is 0 Å². The van der Waals surface area contributed by atoms with E-state index in [0.29, 0.717) is 6.42 Å². The smallest absolute Gasteiger partial charge is 0.303 e. The number of carboxylic acids is 1. The Morgan fingerprint density at radius 1 is 1.64 bits per heavy atom. The summed E-state index contributed by atoms with van der Waals surface area (Å²) in [5, 5.41) is 8.29. The quantitative estimate of drug-likeness (QED) is 0.578. The lowest BCUT2D eigenvalue weighted by Crippen LogP contribution is -2.27. The highest BCUT2D eigenvalue weighted by molar-refractivity contribution is 5.66. The molecular weight excluding hydrogens is 146 g/mol. The molecule has 0 fully saturated rings. The van der Waals surface area contributed by atoms with Gasteiger partial charge in [0.15, 0.2) is 0 Å². The van der Waals surface area contributed by atoms with Crippen LogP contribution in [-0.2, 0) is 9.53 Å². The number of rotatable bonds is 5. The van der Waals surface area contributed by atoms with Crippen LogP contribution in [0.15, 0.2) is 0 Å². The van der Waals surface area contributed by atoms with E-state index in [-0.39, 0.29) is 12.5 Å². The van der Waals surface area contributed by atoms with Gasteiger partial charge in [-0.05, 0) is 20.3 Å². The Kier molecular flexibility index (Phi) is 4.81. The SMILES string of the molecule is CC(C)OC(N)CCC(=O)O. The van der Waals surface area contributed by atoms with Gasteiger partial charge in [-0.25, -0.2) is 0 Å². The minimum atomic E-state index is -0.840. The summed E-state index contributed by atoms with van der Waals surface area (Å²) in [6, 6.07) is 0. The molecule has 4 heteroatoms. The molecule has 0 aliphatic carbocycles. The first-order valence-electron chi connectivity index (χ1n) is 3.65. The molecule has 0 aliphatic heterocycles. The number of hydrogen-bond acceptors (Lipinski definition) is 3. The Bertz CT molecular complexity index is 125. The molecule has 0 rings (SSSR count). The molecule has 0 amide bonds. The van der Waals surface area contributed by atoms with Crippen LogP contribution in [0.25, 0.3) is 0 Å². The monoisotopic (exact) mass is 161 g/mol. The van der Waals surface area contributed by atoms with E-state index in [2.05, 4.69) is 0 Å². The van der Waals surface area contributed by atoms with E-state index in [4.69, 9.17) is 15.6 Å². The normalized spacial score (nSPS) is 13.5. The first-order chi connectivity index (χ1) is 5.02. The van der Waals surface area contributed by atoms with Crippen LogP contribution in [0.2, 0.25) is 0 Å². The first-order valence-corrected chi connectivity index (χ1v) is 3.65. The van der Waals surface area contributed by atoms with Gasteiger partial charge in [-0.2, -0.15) is 0 Å². The van der Waals surface area contributed by atoms with Gasteiger partial charge in [0.1, 0.15) is 6.23 Å². The minimum Gasteiger partial charge on any atom is -0.481 e. The summed E-state index contributed by atoms with van der Waals surface area (Å²) in [6.45, 7) is 3.72. The van der Waals surface area contributed by atoms with Crippen LogP contribution >= 0.6 is 0 Å². The largest absolute Gasteiger partial charge is 0.481 e. The van der Waals surface area contributed by atoms with Crippen molar-refractivity contribution in [3.8, 4) is 0 Å². The predicted octanol–water partition coefficient (Wildman–Crippen LogP) is 0.561. The number of nitrogens with two attached hydrogens (primary N) is 1. The second-order valence-corrected chi connectivity index (χ2v) is 2.66. The molecule has 0 heterocycles. The average Bonchev–Trinajstić information content (AvgIpc) is 1.82. The zero-order valence-electron chi connectivity index (χ0n) is 6.91. The second kappa shape index (κ2) is 5.09. The van der Waals surface area contributed by atoms with Crippen molar-refractivity contribution < 1.29 is 14.6 Å². The van der Waals surface area contributed by atoms with Crippen molar-refractivity contribution >= 4 is 5.97 Å². The Labute approximate surface area is 66.3 Å². The van der Waals surface area contributed by atoms with Gasteiger partial charge in [0, 0.05) is 6.42 Å². The molecule has 66 valence electrons. The maximum Gasteiger partial charge on any atom is 0.303 e. The molecule has 0 spiro atoms. The van der Waals surface area contributed by atoms with Crippen LogP contribution in [0.1, 0.15) is 26.7 Å². The van der Waals surface area contributed by atoms with E-state index in [1.807, 2.05) is 13.8 Å². The van der Waals surface area contributed by atoms with Crippen molar-refractivity contribution in [2.75, 3.05) is 0 Å². The fourth-order valence-electron chi connectivity index (χ4n) is 0.683. The fraction of sp³-hybridized carbons (Fsp3) is 0.857. The topological polar surface area (TPSA) is 72.5 Å². The Balaban J connectivity index is 3.37. The predicted molar refractivity (Wildman–Crippen MR) is 41.1 cm³/mol. The zero-order chi connectivity index (χ0) is 8.85. The van der Waals surface area contributed by atoms with Gasteiger partial charge in [0.25, 0.3) is 0 Å². The fourth-order valence-corrected chi connectivity index (χ4v) is 0.683. The molecule has 0 saturated heterocycles. The third-order valence-electron chi connectivity index (χ3n) is 1.09. The Morgan fingerprint density at radius 3 is 2.55 bits per heavy atom. The van der Waals surface area contributed by atoms with Gasteiger partial charge in [0.05, 0.1) is 6.10 Å². The molecule has 0 aromatic rings. The molecule has 11 heavy (non-hydrogen) atoms. The van der Waals surface area contributed by atoms with Crippen LogP contribution in [0, 0.1) is 0 Å². The molecule has 4 nitrogen and oxygen atoms in total. The van der Waals surface area contributed by atoms with Gasteiger partial charge in [0.2, 0.25) is 0 Å². The van der Waals surface area contributed by atoms with E-state index in [1.165, 1.54) is 0 Å².